The van der Waals surface area contributed by atoms with Crippen molar-refractivity contribution in [2.24, 2.45) is 0 Å². The fourth-order valence-electron chi connectivity index (χ4n) is 2.00. The molecule has 0 heterocycles. The molecular formula is C19H14Cl2N2O3. The van der Waals surface area contributed by atoms with E-state index < -0.39 is 18.5 Å². The van der Waals surface area contributed by atoms with Crippen LogP contribution in [-0.4, -0.2) is 18.5 Å². The first-order chi connectivity index (χ1) is 12.4. The number of benzene rings is 2. The topological polar surface area (TPSA) is 79.2 Å². The minimum absolute atomic E-state index is 0.201. The van der Waals surface area contributed by atoms with Gasteiger partial charge in [0.05, 0.1) is 0 Å². The first kappa shape index (κ1) is 19.5. The van der Waals surface area contributed by atoms with Crippen LogP contribution in [0.1, 0.15) is 11.1 Å². The van der Waals surface area contributed by atoms with Gasteiger partial charge >= 0.3 is 5.97 Å². The Bertz CT molecular complexity index is 880. The molecule has 0 aromatic heterocycles. The van der Waals surface area contributed by atoms with Crippen molar-refractivity contribution >= 4 is 46.8 Å². The van der Waals surface area contributed by atoms with Gasteiger partial charge in [0.1, 0.15) is 11.6 Å². The molecule has 0 unspecified atom stereocenters. The van der Waals surface area contributed by atoms with Gasteiger partial charge in [0.25, 0.3) is 5.91 Å². The molecule has 2 rings (SSSR count). The maximum atomic E-state index is 12.0. The van der Waals surface area contributed by atoms with Crippen LogP contribution in [0.3, 0.4) is 0 Å². The van der Waals surface area contributed by atoms with E-state index in [1.807, 2.05) is 19.1 Å². The number of carbonyl (C=O) groups excluding carboxylic acids is 2. The first-order valence-corrected chi connectivity index (χ1v) is 8.24. The number of aryl methyl sites for hydroxylation is 1. The van der Waals surface area contributed by atoms with Crippen molar-refractivity contribution in [1.29, 1.82) is 5.26 Å². The van der Waals surface area contributed by atoms with Gasteiger partial charge in [-0.1, -0.05) is 53.0 Å². The highest BCUT2D eigenvalue weighted by Gasteiger charge is 2.13. The molecule has 7 heteroatoms. The Balaban J connectivity index is 1.96. The van der Waals surface area contributed by atoms with Crippen LogP contribution >= 0.6 is 23.2 Å². The summed E-state index contributed by atoms with van der Waals surface area (Å²) in [6, 6.07) is 13.6. The van der Waals surface area contributed by atoms with Crippen LogP contribution < -0.4 is 5.32 Å². The minimum atomic E-state index is -0.882. The Morgan fingerprint density at radius 1 is 1.15 bits per heavy atom. The molecule has 0 saturated heterocycles. The third-order valence-corrected chi connectivity index (χ3v) is 3.65. The summed E-state index contributed by atoms with van der Waals surface area (Å²) in [5.41, 5.74) is 1.91. The molecule has 0 spiro atoms. The highest BCUT2D eigenvalue weighted by atomic mass is 35.5. The van der Waals surface area contributed by atoms with Gasteiger partial charge in [0, 0.05) is 15.7 Å². The van der Waals surface area contributed by atoms with Gasteiger partial charge in [-0.25, -0.2) is 4.79 Å². The molecule has 0 fully saturated rings. The summed E-state index contributed by atoms with van der Waals surface area (Å²) in [5, 5.41) is 12.3. The molecular weight excluding hydrogens is 375 g/mol. The number of nitriles is 1. The molecule has 1 N–H and O–H groups in total. The van der Waals surface area contributed by atoms with E-state index in [2.05, 4.69) is 5.32 Å². The number of nitrogens with one attached hydrogen (secondary N) is 1. The summed E-state index contributed by atoms with van der Waals surface area (Å²) in [6.45, 7) is 1.38. The summed E-state index contributed by atoms with van der Waals surface area (Å²) < 4.78 is 4.88. The molecule has 132 valence electrons. The zero-order valence-corrected chi connectivity index (χ0v) is 15.3. The Labute approximate surface area is 160 Å². The fraction of sp³-hybridized carbons (Fsp3) is 0.105. The second-order valence-electron chi connectivity index (χ2n) is 5.36. The van der Waals surface area contributed by atoms with Crippen molar-refractivity contribution in [2.45, 2.75) is 6.92 Å². The normalized spacial score (nSPS) is 10.8. The van der Waals surface area contributed by atoms with Gasteiger partial charge in [0.15, 0.2) is 6.61 Å². The van der Waals surface area contributed by atoms with Crippen molar-refractivity contribution in [3.8, 4) is 6.07 Å². The number of hydrogen-bond acceptors (Lipinski definition) is 4. The Morgan fingerprint density at radius 2 is 1.77 bits per heavy atom. The molecule has 26 heavy (non-hydrogen) atoms. The molecule has 0 radical (unpaired) electrons. The minimum Gasteiger partial charge on any atom is -0.451 e. The Kier molecular flexibility index (Phi) is 6.79. The number of amides is 1. The predicted octanol–water partition coefficient (Wildman–Crippen LogP) is 4.39. The molecule has 0 aliphatic rings. The Hall–Kier alpha value is -2.81. The summed E-state index contributed by atoms with van der Waals surface area (Å²) in [5.74, 6) is -1.46. The standard InChI is InChI=1S/C19H14Cl2N2O3/c1-12-2-4-13(5-3-12)6-14(10-22)19(25)26-11-18(24)23-17-8-15(20)7-16(21)9-17/h2-9H,11H2,1H3,(H,23,24)/b14-6+. The van der Waals surface area contributed by atoms with Gasteiger partial charge < -0.3 is 10.1 Å². The lowest BCUT2D eigenvalue weighted by molar-refractivity contribution is -0.142. The average molecular weight is 389 g/mol. The average Bonchev–Trinajstić information content (AvgIpc) is 2.58. The summed E-state index contributed by atoms with van der Waals surface area (Å²) >= 11 is 11.7. The smallest absolute Gasteiger partial charge is 0.349 e. The molecule has 5 nitrogen and oxygen atoms in total. The summed E-state index contributed by atoms with van der Waals surface area (Å²) in [4.78, 5) is 23.8. The van der Waals surface area contributed by atoms with E-state index in [1.165, 1.54) is 24.3 Å². The molecule has 2 aromatic carbocycles. The molecule has 2 aromatic rings. The van der Waals surface area contributed by atoms with Crippen LogP contribution in [-0.2, 0) is 14.3 Å². The summed E-state index contributed by atoms with van der Waals surface area (Å²) in [6.07, 6.45) is 1.40. The highest BCUT2D eigenvalue weighted by Crippen LogP contribution is 2.22. The van der Waals surface area contributed by atoms with Crippen LogP contribution in [0.25, 0.3) is 6.08 Å². The van der Waals surface area contributed by atoms with E-state index in [4.69, 9.17) is 33.2 Å². The number of rotatable bonds is 5. The van der Waals surface area contributed by atoms with Gasteiger partial charge in [-0.2, -0.15) is 5.26 Å². The SMILES string of the molecule is Cc1ccc(/C=C(\C#N)C(=O)OCC(=O)Nc2cc(Cl)cc(Cl)c2)cc1. The van der Waals surface area contributed by atoms with Crippen LogP contribution in [0, 0.1) is 18.3 Å². The van der Waals surface area contributed by atoms with Gasteiger partial charge in [-0.05, 0) is 36.8 Å². The lowest BCUT2D eigenvalue weighted by Crippen LogP contribution is -2.21. The van der Waals surface area contributed by atoms with Gasteiger partial charge in [-0.3, -0.25) is 4.79 Å². The second-order valence-corrected chi connectivity index (χ2v) is 6.24. The van der Waals surface area contributed by atoms with E-state index in [9.17, 15) is 9.59 Å². The molecule has 1 amide bonds. The van der Waals surface area contributed by atoms with Crippen molar-refractivity contribution in [3.05, 3.63) is 69.2 Å². The quantitative estimate of drug-likeness (QED) is 0.467. The van der Waals surface area contributed by atoms with E-state index in [-0.39, 0.29) is 5.57 Å². The van der Waals surface area contributed by atoms with Crippen LogP contribution in [0.15, 0.2) is 48.0 Å². The monoisotopic (exact) mass is 388 g/mol. The largest absolute Gasteiger partial charge is 0.451 e. The number of nitrogens with zero attached hydrogens (tertiary/aromatic N) is 1. The number of halogens is 2. The van der Waals surface area contributed by atoms with E-state index in [1.54, 1.807) is 18.2 Å². The lowest BCUT2D eigenvalue weighted by Gasteiger charge is -2.07. The number of ether oxygens (including phenoxy) is 1. The Morgan fingerprint density at radius 3 is 2.35 bits per heavy atom. The predicted molar refractivity (Wildman–Crippen MR) is 101 cm³/mol. The van der Waals surface area contributed by atoms with E-state index in [0.717, 1.165) is 5.56 Å². The maximum Gasteiger partial charge on any atom is 0.349 e. The number of anilines is 1. The second kappa shape index (κ2) is 9.04. The van der Waals surface area contributed by atoms with Crippen molar-refractivity contribution in [1.82, 2.24) is 0 Å². The highest BCUT2D eigenvalue weighted by molar-refractivity contribution is 6.35. The lowest BCUT2D eigenvalue weighted by atomic mass is 10.1. The summed E-state index contributed by atoms with van der Waals surface area (Å²) in [7, 11) is 0. The fourth-order valence-corrected chi connectivity index (χ4v) is 2.52. The van der Waals surface area contributed by atoms with Crippen molar-refractivity contribution < 1.29 is 14.3 Å². The van der Waals surface area contributed by atoms with Gasteiger partial charge in [-0.15, -0.1) is 0 Å². The first-order valence-electron chi connectivity index (χ1n) is 7.49. The zero-order chi connectivity index (χ0) is 19.1. The molecule has 0 aliphatic carbocycles. The molecule has 0 atom stereocenters. The zero-order valence-electron chi connectivity index (χ0n) is 13.8. The van der Waals surface area contributed by atoms with Crippen LogP contribution in [0.4, 0.5) is 5.69 Å². The molecule has 0 bridgehead atoms. The van der Waals surface area contributed by atoms with Crippen molar-refractivity contribution in [3.63, 3.8) is 0 Å². The van der Waals surface area contributed by atoms with Crippen LogP contribution in [0.5, 0.6) is 0 Å². The number of carbonyl (C=O) groups is 2. The van der Waals surface area contributed by atoms with E-state index >= 15 is 0 Å². The maximum absolute atomic E-state index is 12.0. The van der Waals surface area contributed by atoms with Crippen LogP contribution in [0.2, 0.25) is 10.0 Å². The molecule has 0 aliphatic heterocycles. The van der Waals surface area contributed by atoms with Crippen molar-refractivity contribution in [2.75, 3.05) is 11.9 Å². The third kappa shape index (κ3) is 5.92. The van der Waals surface area contributed by atoms with Gasteiger partial charge in [0.2, 0.25) is 0 Å². The van der Waals surface area contributed by atoms with E-state index in [0.29, 0.717) is 21.3 Å². The number of esters is 1. The third-order valence-electron chi connectivity index (χ3n) is 3.21. The number of hydrogen-bond donors (Lipinski definition) is 1. The molecule has 0 saturated carbocycles.